The Bertz CT molecular complexity index is 334. The van der Waals surface area contributed by atoms with E-state index in [9.17, 15) is 0 Å². The molecular weight excluding hydrogens is 348 g/mol. The maximum Gasteiger partial charge on any atom is 0.0622 e. The molecule has 156 valence electrons. The van der Waals surface area contributed by atoms with Crippen LogP contribution in [0.1, 0.15) is 51.4 Å². The molecule has 0 amide bonds. The minimum Gasteiger partial charge on any atom is -0.381 e. The number of hydrogen-bond donors (Lipinski definition) is 0. The van der Waals surface area contributed by atoms with Gasteiger partial charge in [-0.3, -0.25) is 0 Å². The van der Waals surface area contributed by atoms with E-state index in [0.29, 0.717) is 78.9 Å². The van der Waals surface area contributed by atoms with Gasteiger partial charge in [0.05, 0.1) is 12.1 Å². The van der Waals surface area contributed by atoms with Crippen LogP contribution in [0.3, 0.4) is 0 Å². The average molecular weight is 385 g/mol. The topological polar surface area (TPSA) is 93.7 Å². The summed E-state index contributed by atoms with van der Waals surface area (Å²) in [5.74, 6) is 0. The summed E-state index contributed by atoms with van der Waals surface area (Å²) >= 11 is 0. The molecule has 0 aromatic heterocycles. The third-order valence-corrected chi connectivity index (χ3v) is 3.46. The highest BCUT2D eigenvalue weighted by Gasteiger charge is 1.95. The summed E-state index contributed by atoms with van der Waals surface area (Å²) in [6, 6.07) is 4.19. The van der Waals surface area contributed by atoms with Crippen LogP contribution in [0.25, 0.3) is 0 Å². The molecule has 0 unspecified atom stereocenters. The monoisotopic (exact) mass is 384 g/mol. The first-order chi connectivity index (χ1) is 13.4. The van der Waals surface area contributed by atoms with Gasteiger partial charge in [-0.1, -0.05) is 0 Å². The molecule has 0 aliphatic rings. The van der Waals surface area contributed by atoms with Gasteiger partial charge in [-0.25, -0.2) is 0 Å². The third kappa shape index (κ3) is 24.8. The van der Waals surface area contributed by atoms with E-state index in [1.807, 2.05) is 0 Å². The van der Waals surface area contributed by atoms with Crippen molar-refractivity contribution in [1.82, 2.24) is 0 Å². The first-order valence-corrected chi connectivity index (χ1v) is 10.0. The van der Waals surface area contributed by atoms with Crippen LogP contribution in [-0.4, -0.2) is 66.1 Å². The van der Waals surface area contributed by atoms with Gasteiger partial charge in [-0.15, -0.1) is 0 Å². The van der Waals surface area contributed by atoms with Crippen molar-refractivity contribution in [3.63, 3.8) is 0 Å². The van der Waals surface area contributed by atoms with Crippen LogP contribution >= 0.6 is 0 Å². The van der Waals surface area contributed by atoms with Crippen LogP contribution in [0, 0.1) is 22.7 Å². The van der Waals surface area contributed by atoms with E-state index in [-0.39, 0.29) is 0 Å². The highest BCUT2D eigenvalue weighted by molar-refractivity contribution is 4.67. The van der Waals surface area contributed by atoms with Gasteiger partial charge in [0.25, 0.3) is 0 Å². The van der Waals surface area contributed by atoms with Crippen molar-refractivity contribution in [3.05, 3.63) is 0 Å². The molecule has 0 spiro atoms. The van der Waals surface area contributed by atoms with E-state index in [0.717, 1.165) is 38.5 Å². The standard InChI is InChI=1S/C20H36N2O5/c21-9-1-3-11-23-13-5-15-25-17-7-19-27-20-8-18-26-16-6-14-24-12-4-2-10-22/h1-8,11-20H2. The highest BCUT2D eigenvalue weighted by Crippen LogP contribution is 1.94. The zero-order valence-electron chi connectivity index (χ0n) is 16.7. The van der Waals surface area contributed by atoms with Crippen LogP contribution in [-0.2, 0) is 23.7 Å². The molecule has 27 heavy (non-hydrogen) atoms. The number of unbranched alkanes of at least 4 members (excludes halogenated alkanes) is 2. The van der Waals surface area contributed by atoms with Gasteiger partial charge in [0.1, 0.15) is 0 Å². The Kier molecular flexibility index (Phi) is 23.7. The average Bonchev–Trinajstić information content (AvgIpc) is 2.68. The zero-order chi connectivity index (χ0) is 19.7. The molecule has 0 saturated carbocycles. The van der Waals surface area contributed by atoms with Crippen molar-refractivity contribution in [2.45, 2.75) is 51.4 Å². The first-order valence-electron chi connectivity index (χ1n) is 10.0. The quantitative estimate of drug-likeness (QED) is 0.264. The summed E-state index contributed by atoms with van der Waals surface area (Å²) < 4.78 is 27.3. The smallest absolute Gasteiger partial charge is 0.0622 e. The van der Waals surface area contributed by atoms with Crippen molar-refractivity contribution in [3.8, 4) is 12.1 Å². The predicted molar refractivity (Wildman–Crippen MR) is 102 cm³/mol. The lowest BCUT2D eigenvalue weighted by molar-refractivity contribution is 0.0488. The lowest BCUT2D eigenvalue weighted by atomic mass is 10.3. The second-order valence-electron chi connectivity index (χ2n) is 6.00. The van der Waals surface area contributed by atoms with E-state index >= 15 is 0 Å². The summed E-state index contributed by atoms with van der Waals surface area (Å²) in [5.41, 5.74) is 0. The Morgan fingerprint density at radius 3 is 0.815 bits per heavy atom. The number of nitriles is 2. The fourth-order valence-electron chi connectivity index (χ4n) is 2.07. The second kappa shape index (κ2) is 24.8. The second-order valence-corrected chi connectivity index (χ2v) is 6.00. The van der Waals surface area contributed by atoms with Gasteiger partial charge in [0, 0.05) is 78.9 Å². The molecule has 0 aliphatic heterocycles. The van der Waals surface area contributed by atoms with Crippen LogP contribution in [0.2, 0.25) is 0 Å². The molecule has 0 heterocycles. The van der Waals surface area contributed by atoms with E-state index in [1.54, 1.807) is 0 Å². The molecule has 0 rings (SSSR count). The highest BCUT2D eigenvalue weighted by atomic mass is 16.5. The fourth-order valence-corrected chi connectivity index (χ4v) is 2.07. The molecule has 7 nitrogen and oxygen atoms in total. The lowest BCUT2D eigenvalue weighted by Gasteiger charge is -2.07. The molecule has 0 radical (unpaired) electrons. The normalized spacial score (nSPS) is 10.6. The van der Waals surface area contributed by atoms with E-state index in [2.05, 4.69) is 12.1 Å². The number of nitrogens with zero attached hydrogens (tertiary/aromatic N) is 2. The van der Waals surface area contributed by atoms with Gasteiger partial charge < -0.3 is 23.7 Å². The van der Waals surface area contributed by atoms with Crippen molar-refractivity contribution in [1.29, 1.82) is 10.5 Å². The van der Waals surface area contributed by atoms with Gasteiger partial charge in [0.2, 0.25) is 0 Å². The summed E-state index contributed by atoms with van der Waals surface area (Å²) in [5, 5.41) is 16.8. The molecular formula is C20H36N2O5. The molecule has 0 fully saturated rings. The Balaban J connectivity index is 2.98. The summed E-state index contributed by atoms with van der Waals surface area (Å²) in [4.78, 5) is 0. The Labute approximate surface area is 164 Å². The van der Waals surface area contributed by atoms with Gasteiger partial charge in [-0.05, 0) is 38.5 Å². The van der Waals surface area contributed by atoms with Crippen LogP contribution < -0.4 is 0 Å². The lowest BCUT2D eigenvalue weighted by Crippen LogP contribution is -2.07. The van der Waals surface area contributed by atoms with Crippen LogP contribution in [0.4, 0.5) is 0 Å². The van der Waals surface area contributed by atoms with E-state index in [4.69, 9.17) is 34.2 Å². The van der Waals surface area contributed by atoms with Crippen molar-refractivity contribution in [2.24, 2.45) is 0 Å². The molecule has 0 aliphatic carbocycles. The van der Waals surface area contributed by atoms with Crippen LogP contribution in [0.15, 0.2) is 0 Å². The Morgan fingerprint density at radius 2 is 0.593 bits per heavy atom. The molecule has 0 saturated heterocycles. The maximum absolute atomic E-state index is 8.38. The summed E-state index contributed by atoms with van der Waals surface area (Å²) in [7, 11) is 0. The molecule has 0 aromatic rings. The molecule has 7 heteroatoms. The fraction of sp³-hybridized carbons (Fsp3) is 0.900. The van der Waals surface area contributed by atoms with Crippen molar-refractivity contribution >= 4 is 0 Å². The third-order valence-electron chi connectivity index (χ3n) is 3.46. The van der Waals surface area contributed by atoms with Crippen LogP contribution in [0.5, 0.6) is 0 Å². The largest absolute Gasteiger partial charge is 0.381 e. The zero-order valence-corrected chi connectivity index (χ0v) is 16.7. The van der Waals surface area contributed by atoms with Crippen molar-refractivity contribution < 1.29 is 23.7 Å². The predicted octanol–water partition coefficient (Wildman–Crippen LogP) is 3.24. The molecule has 0 bridgehead atoms. The maximum atomic E-state index is 8.38. The van der Waals surface area contributed by atoms with Gasteiger partial charge in [0.15, 0.2) is 0 Å². The molecule has 0 atom stereocenters. The Hall–Kier alpha value is -1.22. The SMILES string of the molecule is N#CCCCOCCCOCCCOCCCOCCCOCCCC#N. The van der Waals surface area contributed by atoms with E-state index in [1.165, 1.54) is 0 Å². The summed E-state index contributed by atoms with van der Waals surface area (Å²) in [6.45, 7) is 6.93. The minimum absolute atomic E-state index is 0.558. The van der Waals surface area contributed by atoms with E-state index < -0.39 is 0 Å². The Morgan fingerprint density at radius 1 is 0.370 bits per heavy atom. The van der Waals surface area contributed by atoms with Gasteiger partial charge >= 0.3 is 0 Å². The first kappa shape index (κ1) is 25.8. The number of rotatable bonds is 22. The van der Waals surface area contributed by atoms with Crippen molar-refractivity contribution in [2.75, 3.05) is 66.1 Å². The molecule has 0 aromatic carbocycles. The number of hydrogen-bond acceptors (Lipinski definition) is 7. The molecule has 0 N–H and O–H groups in total. The summed E-state index contributed by atoms with van der Waals surface area (Å²) in [6.07, 6.45) is 6.28. The minimum atomic E-state index is 0.558. The number of ether oxygens (including phenoxy) is 5. The van der Waals surface area contributed by atoms with Gasteiger partial charge in [-0.2, -0.15) is 10.5 Å².